The van der Waals surface area contributed by atoms with Gasteiger partial charge in [-0.15, -0.1) is 0 Å². The molecule has 5 heteroatoms. The predicted octanol–water partition coefficient (Wildman–Crippen LogP) is 1.33. The van der Waals surface area contributed by atoms with E-state index in [9.17, 15) is 0 Å². The summed E-state index contributed by atoms with van der Waals surface area (Å²) in [7, 11) is 0. The molecule has 0 bridgehead atoms. The van der Waals surface area contributed by atoms with Crippen LogP contribution in [0.3, 0.4) is 0 Å². The van der Waals surface area contributed by atoms with E-state index in [-0.39, 0.29) is 0 Å². The van der Waals surface area contributed by atoms with Crippen molar-refractivity contribution in [3.8, 4) is 0 Å². The Kier molecular flexibility index (Phi) is 2.88. The van der Waals surface area contributed by atoms with Crippen LogP contribution in [0.4, 0.5) is 5.82 Å². The number of piperazine rings is 1. The molecule has 0 saturated carbocycles. The third-order valence-electron chi connectivity index (χ3n) is 4.39. The summed E-state index contributed by atoms with van der Waals surface area (Å²) in [5, 5.41) is 8.12. The normalized spacial score (nSPS) is 19.4. The quantitative estimate of drug-likeness (QED) is 0.850. The van der Waals surface area contributed by atoms with Crippen molar-refractivity contribution in [2.75, 3.05) is 31.1 Å². The molecule has 0 unspecified atom stereocenters. The fraction of sp³-hybridized carbons (Fsp3) is 0.600. The Balaban J connectivity index is 1.94. The summed E-state index contributed by atoms with van der Waals surface area (Å²) in [5.74, 6) is 1.30. The van der Waals surface area contributed by atoms with Gasteiger partial charge in [-0.25, -0.2) is 4.98 Å². The van der Waals surface area contributed by atoms with Gasteiger partial charge >= 0.3 is 0 Å². The van der Waals surface area contributed by atoms with Gasteiger partial charge in [-0.2, -0.15) is 9.61 Å². The smallest absolute Gasteiger partial charge is 0.157 e. The molecule has 4 rings (SSSR count). The summed E-state index contributed by atoms with van der Waals surface area (Å²) in [4.78, 5) is 7.34. The molecule has 0 aromatic carbocycles. The zero-order chi connectivity index (χ0) is 13.5. The van der Waals surface area contributed by atoms with Crippen molar-refractivity contribution in [3.05, 3.63) is 23.0 Å². The molecule has 5 nitrogen and oxygen atoms in total. The van der Waals surface area contributed by atoms with Crippen molar-refractivity contribution < 1.29 is 0 Å². The van der Waals surface area contributed by atoms with Crippen molar-refractivity contribution in [1.29, 1.82) is 0 Å². The maximum Gasteiger partial charge on any atom is 0.157 e. The van der Waals surface area contributed by atoms with Gasteiger partial charge < -0.3 is 10.2 Å². The highest BCUT2D eigenvalue weighted by Gasteiger charge is 2.24. The van der Waals surface area contributed by atoms with Gasteiger partial charge in [-0.05, 0) is 32.6 Å². The van der Waals surface area contributed by atoms with E-state index in [2.05, 4.69) is 32.8 Å². The van der Waals surface area contributed by atoms with Crippen LogP contribution in [0.2, 0.25) is 0 Å². The molecule has 2 aromatic heterocycles. The van der Waals surface area contributed by atoms with Gasteiger partial charge in [0.1, 0.15) is 5.82 Å². The molecule has 0 radical (unpaired) electrons. The van der Waals surface area contributed by atoms with E-state index in [1.807, 2.05) is 0 Å². The third-order valence-corrected chi connectivity index (χ3v) is 4.39. The minimum Gasteiger partial charge on any atom is -0.354 e. The number of aromatic nitrogens is 3. The predicted molar refractivity (Wildman–Crippen MR) is 79.4 cm³/mol. The largest absolute Gasteiger partial charge is 0.354 e. The second-order valence-corrected chi connectivity index (χ2v) is 5.86. The van der Waals surface area contributed by atoms with E-state index < -0.39 is 0 Å². The van der Waals surface area contributed by atoms with Crippen LogP contribution in [-0.2, 0) is 12.8 Å². The van der Waals surface area contributed by atoms with Crippen LogP contribution < -0.4 is 10.2 Å². The molecule has 1 aliphatic carbocycles. The summed E-state index contributed by atoms with van der Waals surface area (Å²) >= 11 is 0. The number of hydrogen-bond acceptors (Lipinski definition) is 4. The summed E-state index contributed by atoms with van der Waals surface area (Å²) in [6.07, 6.45) is 4.81. The zero-order valence-corrected chi connectivity index (χ0v) is 12.0. The number of rotatable bonds is 1. The van der Waals surface area contributed by atoms with E-state index in [4.69, 9.17) is 4.98 Å². The van der Waals surface area contributed by atoms with Gasteiger partial charge in [0.2, 0.25) is 0 Å². The first kappa shape index (κ1) is 12.1. The second kappa shape index (κ2) is 4.74. The monoisotopic (exact) mass is 271 g/mol. The van der Waals surface area contributed by atoms with Crippen LogP contribution in [0.15, 0.2) is 6.07 Å². The highest BCUT2D eigenvalue weighted by molar-refractivity contribution is 5.58. The summed E-state index contributed by atoms with van der Waals surface area (Å²) in [6, 6.07) is 2.10. The Labute approximate surface area is 119 Å². The molecule has 1 N–H and O–H groups in total. The first-order valence-electron chi connectivity index (χ1n) is 7.67. The van der Waals surface area contributed by atoms with Gasteiger partial charge in [-0.1, -0.05) is 0 Å². The second-order valence-electron chi connectivity index (χ2n) is 5.86. The number of hydrogen-bond donors (Lipinski definition) is 1. The van der Waals surface area contributed by atoms with Crippen molar-refractivity contribution in [3.63, 3.8) is 0 Å². The lowest BCUT2D eigenvalue weighted by atomic mass is 9.96. The highest BCUT2D eigenvalue weighted by Crippen LogP contribution is 2.30. The highest BCUT2D eigenvalue weighted by atomic mass is 15.4. The maximum atomic E-state index is 4.85. The molecule has 0 amide bonds. The average molecular weight is 271 g/mol. The molecule has 0 spiro atoms. The lowest BCUT2D eigenvalue weighted by Crippen LogP contribution is -2.45. The van der Waals surface area contributed by atoms with E-state index in [1.54, 1.807) is 0 Å². The first-order chi connectivity index (χ1) is 9.83. The van der Waals surface area contributed by atoms with Crippen molar-refractivity contribution in [2.24, 2.45) is 0 Å². The number of nitrogens with one attached hydrogen (secondary N) is 1. The fourth-order valence-electron chi connectivity index (χ4n) is 3.44. The van der Waals surface area contributed by atoms with Crippen LogP contribution in [0.25, 0.3) is 5.65 Å². The Morgan fingerprint density at radius 3 is 2.80 bits per heavy atom. The van der Waals surface area contributed by atoms with Crippen LogP contribution in [0, 0.1) is 6.92 Å². The molecule has 0 atom stereocenters. The number of aryl methyl sites for hydroxylation is 2. The fourth-order valence-corrected chi connectivity index (χ4v) is 3.44. The summed E-state index contributed by atoms with van der Waals surface area (Å²) in [5.41, 5.74) is 4.80. The van der Waals surface area contributed by atoms with E-state index in [0.29, 0.717) is 0 Å². The lowest BCUT2D eigenvalue weighted by molar-refractivity contribution is 0.570. The van der Waals surface area contributed by atoms with Gasteiger partial charge in [0.15, 0.2) is 5.65 Å². The molecule has 1 aliphatic heterocycles. The van der Waals surface area contributed by atoms with E-state index in [0.717, 1.165) is 50.4 Å². The molecule has 3 heterocycles. The molecular weight excluding hydrogens is 250 g/mol. The van der Waals surface area contributed by atoms with Gasteiger partial charge in [0.25, 0.3) is 0 Å². The minimum absolute atomic E-state index is 1.01. The molecule has 20 heavy (non-hydrogen) atoms. The lowest BCUT2D eigenvalue weighted by Gasteiger charge is -2.32. The SMILES string of the molecule is Cc1cc2nc3c(c(N4CCNCC4)n2n1)CCCC3. The van der Waals surface area contributed by atoms with Crippen molar-refractivity contribution in [2.45, 2.75) is 32.6 Å². The Bertz CT molecular complexity index is 639. The number of fused-ring (bicyclic) bond motifs is 2. The van der Waals surface area contributed by atoms with Gasteiger partial charge in [0.05, 0.1) is 5.69 Å². The standard InChI is InChI=1S/C15H21N5/c1-11-10-14-17-13-5-3-2-4-12(13)15(20(14)18-11)19-8-6-16-7-9-19/h10,16H,2-9H2,1H3. The van der Waals surface area contributed by atoms with E-state index >= 15 is 0 Å². The zero-order valence-electron chi connectivity index (χ0n) is 12.0. The average Bonchev–Trinajstić information content (AvgIpc) is 2.85. The van der Waals surface area contributed by atoms with E-state index in [1.165, 1.54) is 29.9 Å². The van der Waals surface area contributed by atoms with Crippen LogP contribution in [0.1, 0.15) is 29.8 Å². The van der Waals surface area contributed by atoms with Gasteiger partial charge in [0, 0.05) is 43.5 Å². The topological polar surface area (TPSA) is 45.5 Å². The van der Waals surface area contributed by atoms with Crippen molar-refractivity contribution >= 4 is 11.5 Å². The van der Waals surface area contributed by atoms with Gasteiger partial charge in [-0.3, -0.25) is 0 Å². The molecule has 1 fully saturated rings. The van der Waals surface area contributed by atoms with Crippen LogP contribution in [-0.4, -0.2) is 40.8 Å². The first-order valence-corrected chi connectivity index (χ1v) is 7.67. The third kappa shape index (κ3) is 1.88. The Morgan fingerprint density at radius 2 is 1.95 bits per heavy atom. The minimum atomic E-state index is 1.01. The Hall–Kier alpha value is -1.62. The molecule has 1 saturated heterocycles. The maximum absolute atomic E-state index is 4.85. The van der Waals surface area contributed by atoms with Crippen LogP contribution >= 0.6 is 0 Å². The molecular formula is C15H21N5. The Morgan fingerprint density at radius 1 is 1.15 bits per heavy atom. The number of nitrogens with zero attached hydrogens (tertiary/aromatic N) is 4. The number of anilines is 1. The summed E-state index contributed by atoms with van der Waals surface area (Å²) < 4.78 is 2.07. The molecule has 2 aromatic rings. The molecule has 2 aliphatic rings. The summed E-state index contributed by atoms with van der Waals surface area (Å²) in [6.45, 7) is 6.28. The molecule has 106 valence electrons. The van der Waals surface area contributed by atoms with Crippen LogP contribution in [0.5, 0.6) is 0 Å². The van der Waals surface area contributed by atoms with Crippen molar-refractivity contribution in [1.82, 2.24) is 19.9 Å².